The van der Waals surface area contributed by atoms with Gasteiger partial charge in [0.2, 0.25) is 0 Å². The molecule has 0 bridgehead atoms. The quantitative estimate of drug-likeness (QED) is 0.175. The van der Waals surface area contributed by atoms with E-state index in [1.807, 2.05) is 0 Å². The first-order chi connectivity index (χ1) is 11.9. The van der Waals surface area contributed by atoms with Crippen LogP contribution in [0.15, 0.2) is 0 Å². The normalized spacial score (nSPS) is 33.8. The van der Waals surface area contributed by atoms with Gasteiger partial charge in [-0.25, -0.2) is 0 Å². The van der Waals surface area contributed by atoms with E-state index >= 15 is 0 Å². The number of aliphatic hydroxyl groups is 7. The highest BCUT2D eigenvalue weighted by atomic mass is 16.7. The maximum atomic E-state index is 9.95. The maximum Gasteiger partial charge on any atom is 0.186 e. The predicted octanol–water partition coefficient (Wildman–Crippen LogP) is -4.10. The molecule has 0 saturated carbocycles. The summed E-state index contributed by atoms with van der Waals surface area (Å²) in [7, 11) is 0. The van der Waals surface area contributed by atoms with Crippen LogP contribution in [-0.4, -0.2) is 118 Å². The molecule has 0 amide bonds. The summed E-state index contributed by atoms with van der Waals surface area (Å²) in [5, 5.41) is 66.3. The van der Waals surface area contributed by atoms with Crippen molar-refractivity contribution in [2.75, 3.05) is 33.0 Å². The zero-order valence-electron chi connectivity index (χ0n) is 13.9. The van der Waals surface area contributed by atoms with Crippen LogP contribution >= 0.6 is 0 Å². The molecular formula is C14H28O11. The van der Waals surface area contributed by atoms with Crippen LogP contribution in [0.4, 0.5) is 0 Å². The molecule has 1 aliphatic heterocycles. The van der Waals surface area contributed by atoms with Crippen molar-refractivity contribution < 1.29 is 54.7 Å². The molecule has 8 atom stereocenters. The molecule has 0 aromatic rings. The van der Waals surface area contributed by atoms with Crippen LogP contribution in [-0.2, 0) is 18.9 Å². The highest BCUT2D eigenvalue weighted by Gasteiger charge is 2.44. The smallest absolute Gasteiger partial charge is 0.186 e. The molecule has 7 N–H and O–H groups in total. The fourth-order valence-corrected chi connectivity index (χ4v) is 2.26. The Bertz CT molecular complexity index is 358. The van der Waals surface area contributed by atoms with Gasteiger partial charge in [0.25, 0.3) is 0 Å². The third-order valence-electron chi connectivity index (χ3n) is 3.72. The Labute approximate surface area is 144 Å². The largest absolute Gasteiger partial charge is 0.394 e. The van der Waals surface area contributed by atoms with Gasteiger partial charge in [0, 0.05) is 6.61 Å². The van der Waals surface area contributed by atoms with E-state index in [0.717, 1.165) is 0 Å². The lowest BCUT2D eigenvalue weighted by Gasteiger charge is -2.40. The second-order valence-electron chi connectivity index (χ2n) is 5.52. The zero-order valence-corrected chi connectivity index (χ0v) is 13.9. The fourth-order valence-electron chi connectivity index (χ4n) is 2.26. The van der Waals surface area contributed by atoms with Gasteiger partial charge in [0.15, 0.2) is 12.6 Å². The van der Waals surface area contributed by atoms with Crippen LogP contribution in [0.1, 0.15) is 6.92 Å². The van der Waals surface area contributed by atoms with Gasteiger partial charge in [0.1, 0.15) is 36.6 Å². The summed E-state index contributed by atoms with van der Waals surface area (Å²) in [5.41, 5.74) is 0. The third kappa shape index (κ3) is 6.34. The number of aliphatic hydroxyl groups excluding tert-OH is 7. The summed E-state index contributed by atoms with van der Waals surface area (Å²) in [5.74, 6) is 0. The summed E-state index contributed by atoms with van der Waals surface area (Å²) < 4.78 is 20.8. The Balaban J connectivity index is 2.60. The van der Waals surface area contributed by atoms with Gasteiger partial charge in [0.05, 0.1) is 26.4 Å². The number of hydrogen-bond donors (Lipinski definition) is 7. The van der Waals surface area contributed by atoms with Crippen LogP contribution in [0.5, 0.6) is 0 Å². The molecule has 1 fully saturated rings. The van der Waals surface area contributed by atoms with E-state index in [1.54, 1.807) is 6.92 Å². The summed E-state index contributed by atoms with van der Waals surface area (Å²) in [6, 6.07) is 0. The standard InChI is InChI=1S/C14H28O11/c1-2-22-14-13(21)12(20)11(19)9(25-14)6-23-10(5-17)24-8(4-16)7(18)3-15/h7-21H,2-6H2,1H3/t7-,8?,9?,10-,11+,12?,13?,14-/m0/s1. The molecule has 1 aliphatic rings. The van der Waals surface area contributed by atoms with E-state index in [1.165, 1.54) is 0 Å². The lowest BCUT2D eigenvalue weighted by atomic mass is 9.99. The average molecular weight is 372 g/mol. The van der Waals surface area contributed by atoms with Crippen molar-refractivity contribution in [2.45, 2.75) is 56.1 Å². The van der Waals surface area contributed by atoms with Crippen LogP contribution in [0, 0.1) is 0 Å². The monoisotopic (exact) mass is 372 g/mol. The van der Waals surface area contributed by atoms with Crippen LogP contribution < -0.4 is 0 Å². The molecule has 0 aromatic heterocycles. The van der Waals surface area contributed by atoms with Crippen molar-refractivity contribution in [1.29, 1.82) is 0 Å². The van der Waals surface area contributed by atoms with Gasteiger partial charge < -0.3 is 54.7 Å². The first kappa shape index (κ1) is 22.6. The second kappa shape index (κ2) is 11.3. The SMILES string of the molecule is CCO[C@H]1OC(CO[C@H](CO)OC(CO)[C@@H](O)CO)[C@@H](O)C(O)C1O. The van der Waals surface area contributed by atoms with E-state index in [4.69, 9.17) is 29.2 Å². The van der Waals surface area contributed by atoms with E-state index in [0.29, 0.717) is 0 Å². The Kier molecular flexibility index (Phi) is 10.2. The summed E-state index contributed by atoms with van der Waals surface area (Å²) in [6.07, 6.45) is -10.5. The first-order valence-electron chi connectivity index (χ1n) is 7.98. The molecule has 4 unspecified atom stereocenters. The summed E-state index contributed by atoms with van der Waals surface area (Å²) in [4.78, 5) is 0. The Morgan fingerprint density at radius 2 is 1.64 bits per heavy atom. The molecule has 0 aliphatic carbocycles. The fraction of sp³-hybridized carbons (Fsp3) is 1.00. The minimum Gasteiger partial charge on any atom is -0.394 e. The Morgan fingerprint density at radius 3 is 2.16 bits per heavy atom. The first-order valence-corrected chi connectivity index (χ1v) is 7.98. The number of hydrogen-bond acceptors (Lipinski definition) is 11. The zero-order chi connectivity index (χ0) is 19.0. The molecule has 150 valence electrons. The highest BCUT2D eigenvalue weighted by Crippen LogP contribution is 2.23. The molecule has 1 heterocycles. The van der Waals surface area contributed by atoms with Crippen molar-refractivity contribution in [1.82, 2.24) is 0 Å². The Morgan fingerprint density at radius 1 is 0.960 bits per heavy atom. The minimum atomic E-state index is -1.52. The van der Waals surface area contributed by atoms with Crippen molar-refractivity contribution in [3.05, 3.63) is 0 Å². The van der Waals surface area contributed by atoms with Gasteiger partial charge in [-0.05, 0) is 6.92 Å². The summed E-state index contributed by atoms with van der Waals surface area (Å²) >= 11 is 0. The van der Waals surface area contributed by atoms with E-state index in [9.17, 15) is 25.5 Å². The predicted molar refractivity (Wildman–Crippen MR) is 80.2 cm³/mol. The van der Waals surface area contributed by atoms with Crippen LogP contribution in [0.25, 0.3) is 0 Å². The molecule has 11 heteroatoms. The van der Waals surface area contributed by atoms with Gasteiger partial charge in [-0.1, -0.05) is 0 Å². The number of ether oxygens (including phenoxy) is 4. The topological polar surface area (TPSA) is 179 Å². The molecule has 0 aromatic carbocycles. The molecular weight excluding hydrogens is 344 g/mol. The molecule has 1 rings (SSSR count). The second-order valence-corrected chi connectivity index (χ2v) is 5.52. The minimum absolute atomic E-state index is 0.206. The van der Waals surface area contributed by atoms with Gasteiger partial charge in [-0.3, -0.25) is 0 Å². The van der Waals surface area contributed by atoms with Crippen LogP contribution in [0.3, 0.4) is 0 Å². The molecule has 1 saturated heterocycles. The maximum absolute atomic E-state index is 9.95. The van der Waals surface area contributed by atoms with Gasteiger partial charge in [-0.15, -0.1) is 0 Å². The van der Waals surface area contributed by atoms with E-state index < -0.39 is 69.0 Å². The molecule has 11 nitrogen and oxygen atoms in total. The van der Waals surface area contributed by atoms with Crippen molar-refractivity contribution in [3.8, 4) is 0 Å². The van der Waals surface area contributed by atoms with E-state index in [2.05, 4.69) is 0 Å². The highest BCUT2D eigenvalue weighted by molar-refractivity contribution is 4.89. The van der Waals surface area contributed by atoms with Crippen LogP contribution in [0.2, 0.25) is 0 Å². The lowest BCUT2D eigenvalue weighted by Crippen LogP contribution is -2.59. The average Bonchev–Trinajstić information content (AvgIpc) is 2.62. The number of rotatable bonds is 11. The molecule has 0 radical (unpaired) electrons. The molecule has 25 heavy (non-hydrogen) atoms. The summed E-state index contributed by atoms with van der Waals surface area (Å²) in [6.45, 7) is -0.395. The molecule has 0 spiro atoms. The van der Waals surface area contributed by atoms with Crippen molar-refractivity contribution in [3.63, 3.8) is 0 Å². The Hall–Kier alpha value is -0.440. The van der Waals surface area contributed by atoms with Crippen molar-refractivity contribution >= 4 is 0 Å². The van der Waals surface area contributed by atoms with Gasteiger partial charge in [-0.2, -0.15) is 0 Å². The van der Waals surface area contributed by atoms with Gasteiger partial charge >= 0.3 is 0 Å². The van der Waals surface area contributed by atoms with Crippen molar-refractivity contribution in [2.24, 2.45) is 0 Å². The lowest BCUT2D eigenvalue weighted by molar-refractivity contribution is -0.311. The third-order valence-corrected chi connectivity index (χ3v) is 3.72. The van der Waals surface area contributed by atoms with E-state index in [-0.39, 0.29) is 13.2 Å².